The lowest BCUT2D eigenvalue weighted by atomic mass is 9.99. The van der Waals surface area contributed by atoms with E-state index in [9.17, 15) is 4.79 Å². The van der Waals surface area contributed by atoms with Crippen LogP contribution in [0, 0.1) is 11.8 Å². The monoisotopic (exact) mass is 258 g/mol. The number of rotatable bonds is 11. The number of ether oxygens (including phenoxy) is 2. The maximum atomic E-state index is 11.9. The molecule has 0 saturated carbocycles. The highest BCUT2D eigenvalue weighted by Crippen LogP contribution is 2.15. The van der Waals surface area contributed by atoms with Gasteiger partial charge >= 0.3 is 5.97 Å². The molecule has 0 aromatic rings. The van der Waals surface area contributed by atoms with Gasteiger partial charge in [-0.25, -0.2) is 0 Å². The van der Waals surface area contributed by atoms with E-state index < -0.39 is 0 Å². The molecule has 0 aromatic heterocycles. The lowest BCUT2D eigenvalue weighted by molar-refractivity contribution is -0.151. The summed E-state index contributed by atoms with van der Waals surface area (Å²) in [7, 11) is 0. The van der Waals surface area contributed by atoms with E-state index in [1.807, 2.05) is 6.92 Å². The Labute approximate surface area is 112 Å². The normalized spacial score (nSPS) is 12.7. The van der Waals surface area contributed by atoms with E-state index in [1.165, 1.54) is 0 Å². The lowest BCUT2D eigenvalue weighted by Gasteiger charge is -2.16. The van der Waals surface area contributed by atoms with Crippen LogP contribution in [-0.4, -0.2) is 25.8 Å². The highest BCUT2D eigenvalue weighted by molar-refractivity contribution is 5.72. The van der Waals surface area contributed by atoms with E-state index in [0.717, 1.165) is 32.1 Å². The number of hydrogen-bond donors (Lipinski definition) is 0. The van der Waals surface area contributed by atoms with E-state index in [0.29, 0.717) is 25.7 Å². The third-order valence-corrected chi connectivity index (χ3v) is 2.93. The van der Waals surface area contributed by atoms with Gasteiger partial charge in [-0.05, 0) is 25.7 Å². The van der Waals surface area contributed by atoms with Crippen molar-refractivity contribution in [1.82, 2.24) is 0 Å². The van der Waals surface area contributed by atoms with Crippen LogP contribution in [0.3, 0.4) is 0 Å². The predicted octanol–water partition coefficient (Wildman–Crippen LogP) is 3.81. The first-order chi connectivity index (χ1) is 8.61. The first kappa shape index (κ1) is 17.4. The molecule has 1 unspecified atom stereocenters. The number of carbonyl (C=O) groups excluding carboxylic acids is 1. The maximum Gasteiger partial charge on any atom is 0.311 e. The summed E-state index contributed by atoms with van der Waals surface area (Å²) in [5.41, 5.74) is 0. The summed E-state index contributed by atoms with van der Waals surface area (Å²) in [6.45, 7) is 10.2. The molecule has 3 heteroatoms. The van der Waals surface area contributed by atoms with Crippen molar-refractivity contribution < 1.29 is 14.3 Å². The van der Waals surface area contributed by atoms with Crippen LogP contribution in [0.5, 0.6) is 0 Å². The SMILES string of the molecule is CCCCOC(=O)C(CCCC(C)C)COCC. The summed E-state index contributed by atoms with van der Waals surface area (Å²) in [6, 6.07) is 0. The van der Waals surface area contributed by atoms with E-state index >= 15 is 0 Å². The van der Waals surface area contributed by atoms with Crippen LogP contribution < -0.4 is 0 Å². The minimum atomic E-state index is -0.0828. The molecule has 0 rings (SSSR count). The van der Waals surface area contributed by atoms with Crippen molar-refractivity contribution in [3.05, 3.63) is 0 Å². The average Bonchev–Trinajstić information content (AvgIpc) is 2.33. The first-order valence-corrected chi connectivity index (χ1v) is 7.36. The number of unbranched alkanes of at least 4 members (excludes halogenated alkanes) is 1. The van der Waals surface area contributed by atoms with Crippen molar-refractivity contribution in [3.63, 3.8) is 0 Å². The molecule has 0 N–H and O–H groups in total. The van der Waals surface area contributed by atoms with Crippen LogP contribution in [0.25, 0.3) is 0 Å². The highest BCUT2D eigenvalue weighted by atomic mass is 16.5. The zero-order chi connectivity index (χ0) is 13.8. The zero-order valence-electron chi connectivity index (χ0n) is 12.5. The van der Waals surface area contributed by atoms with Gasteiger partial charge in [0.25, 0.3) is 0 Å². The van der Waals surface area contributed by atoms with Gasteiger partial charge in [0.15, 0.2) is 0 Å². The van der Waals surface area contributed by atoms with E-state index in [1.54, 1.807) is 0 Å². The fraction of sp³-hybridized carbons (Fsp3) is 0.933. The second-order valence-electron chi connectivity index (χ2n) is 5.20. The lowest BCUT2D eigenvalue weighted by Crippen LogP contribution is -2.23. The smallest absolute Gasteiger partial charge is 0.311 e. The molecule has 0 heterocycles. The van der Waals surface area contributed by atoms with Crippen molar-refractivity contribution in [3.8, 4) is 0 Å². The van der Waals surface area contributed by atoms with Gasteiger partial charge in [0.05, 0.1) is 19.1 Å². The number of hydrogen-bond acceptors (Lipinski definition) is 3. The molecular weight excluding hydrogens is 228 g/mol. The van der Waals surface area contributed by atoms with Crippen molar-refractivity contribution >= 4 is 5.97 Å². The van der Waals surface area contributed by atoms with Gasteiger partial charge in [-0.1, -0.05) is 40.0 Å². The van der Waals surface area contributed by atoms with Crippen LogP contribution in [-0.2, 0) is 14.3 Å². The molecule has 0 bridgehead atoms. The van der Waals surface area contributed by atoms with Crippen LogP contribution >= 0.6 is 0 Å². The van der Waals surface area contributed by atoms with Crippen LogP contribution in [0.1, 0.15) is 59.8 Å². The Hall–Kier alpha value is -0.570. The summed E-state index contributed by atoms with van der Waals surface area (Å²) in [5, 5.41) is 0. The predicted molar refractivity (Wildman–Crippen MR) is 74.5 cm³/mol. The van der Waals surface area contributed by atoms with Crippen molar-refractivity contribution in [2.75, 3.05) is 19.8 Å². The largest absolute Gasteiger partial charge is 0.465 e. The van der Waals surface area contributed by atoms with Gasteiger partial charge in [0, 0.05) is 6.61 Å². The standard InChI is InChI=1S/C15H30O3/c1-5-7-11-18-15(16)14(12-17-6-2)10-8-9-13(3)4/h13-14H,5-12H2,1-4H3. The minimum Gasteiger partial charge on any atom is -0.465 e. The van der Waals surface area contributed by atoms with Gasteiger partial charge in [-0.3, -0.25) is 4.79 Å². The minimum absolute atomic E-state index is 0.0827. The quantitative estimate of drug-likeness (QED) is 0.417. The molecule has 0 spiro atoms. The fourth-order valence-electron chi connectivity index (χ4n) is 1.74. The second-order valence-corrected chi connectivity index (χ2v) is 5.20. The molecule has 0 saturated heterocycles. The maximum absolute atomic E-state index is 11.9. The molecule has 1 atom stereocenters. The summed E-state index contributed by atoms with van der Waals surface area (Å²) < 4.78 is 10.7. The van der Waals surface area contributed by atoms with Crippen molar-refractivity contribution in [1.29, 1.82) is 0 Å². The third kappa shape index (κ3) is 9.46. The summed E-state index contributed by atoms with van der Waals surface area (Å²) >= 11 is 0. The van der Waals surface area contributed by atoms with Gasteiger partial charge in [0.2, 0.25) is 0 Å². The third-order valence-electron chi connectivity index (χ3n) is 2.93. The van der Waals surface area contributed by atoms with Gasteiger partial charge in [-0.2, -0.15) is 0 Å². The molecule has 0 radical (unpaired) electrons. The summed E-state index contributed by atoms with van der Waals surface area (Å²) in [6.07, 6.45) is 5.10. The molecule has 0 fully saturated rings. The Bertz CT molecular complexity index is 202. The molecule has 0 aromatic carbocycles. The Morgan fingerprint density at radius 1 is 1.11 bits per heavy atom. The van der Waals surface area contributed by atoms with Gasteiger partial charge in [0.1, 0.15) is 0 Å². The molecule has 0 aliphatic rings. The molecule has 18 heavy (non-hydrogen) atoms. The Balaban J connectivity index is 3.98. The number of carbonyl (C=O) groups is 1. The van der Waals surface area contributed by atoms with Gasteiger partial charge in [-0.15, -0.1) is 0 Å². The number of esters is 1. The van der Waals surface area contributed by atoms with E-state index in [-0.39, 0.29) is 11.9 Å². The molecule has 0 aliphatic heterocycles. The highest BCUT2D eigenvalue weighted by Gasteiger charge is 2.19. The second kappa shape index (κ2) is 11.5. The van der Waals surface area contributed by atoms with Crippen LogP contribution in [0.15, 0.2) is 0 Å². The summed E-state index contributed by atoms with van der Waals surface area (Å²) in [4.78, 5) is 11.9. The fourth-order valence-corrected chi connectivity index (χ4v) is 1.74. The van der Waals surface area contributed by atoms with Crippen LogP contribution in [0.2, 0.25) is 0 Å². The first-order valence-electron chi connectivity index (χ1n) is 7.36. The Kier molecular flexibility index (Phi) is 11.2. The summed E-state index contributed by atoms with van der Waals surface area (Å²) in [5.74, 6) is 0.523. The Morgan fingerprint density at radius 2 is 1.83 bits per heavy atom. The topological polar surface area (TPSA) is 35.5 Å². The van der Waals surface area contributed by atoms with Gasteiger partial charge < -0.3 is 9.47 Å². The average molecular weight is 258 g/mol. The molecule has 108 valence electrons. The molecule has 0 aliphatic carbocycles. The van der Waals surface area contributed by atoms with Crippen molar-refractivity contribution in [2.24, 2.45) is 11.8 Å². The van der Waals surface area contributed by atoms with Crippen LogP contribution in [0.4, 0.5) is 0 Å². The van der Waals surface area contributed by atoms with E-state index in [2.05, 4.69) is 20.8 Å². The molecule has 0 amide bonds. The Morgan fingerprint density at radius 3 is 2.39 bits per heavy atom. The van der Waals surface area contributed by atoms with E-state index in [4.69, 9.17) is 9.47 Å². The molecular formula is C15H30O3. The molecule has 3 nitrogen and oxygen atoms in total. The van der Waals surface area contributed by atoms with Crippen molar-refractivity contribution in [2.45, 2.75) is 59.8 Å². The zero-order valence-corrected chi connectivity index (χ0v) is 12.5.